The van der Waals surface area contributed by atoms with Crippen molar-refractivity contribution in [1.82, 2.24) is 4.90 Å². The van der Waals surface area contributed by atoms with Gasteiger partial charge in [0.15, 0.2) is 9.84 Å². The molecular formula is C22H27NO3S. The summed E-state index contributed by atoms with van der Waals surface area (Å²) >= 11 is 0. The molecule has 1 aliphatic carbocycles. The van der Waals surface area contributed by atoms with Crippen LogP contribution < -0.4 is 0 Å². The molecule has 0 aromatic heterocycles. The van der Waals surface area contributed by atoms with Crippen molar-refractivity contribution in [3.63, 3.8) is 0 Å². The molecule has 2 atom stereocenters. The summed E-state index contributed by atoms with van der Waals surface area (Å²) < 4.78 is 28.9. The van der Waals surface area contributed by atoms with Crippen LogP contribution in [0.2, 0.25) is 0 Å². The largest absolute Gasteiger partial charge is 0.379 e. The van der Waals surface area contributed by atoms with E-state index in [4.69, 9.17) is 4.74 Å². The fourth-order valence-electron chi connectivity index (χ4n) is 4.38. The minimum atomic E-state index is -3.15. The zero-order chi connectivity index (χ0) is 19.0. The minimum Gasteiger partial charge on any atom is -0.379 e. The van der Waals surface area contributed by atoms with Gasteiger partial charge in [0.1, 0.15) is 0 Å². The second kappa shape index (κ2) is 7.38. The normalized spacial score (nSPS) is 23.8. The summed E-state index contributed by atoms with van der Waals surface area (Å²) in [6.07, 6.45) is 4.63. The fraction of sp³-hybridized carbons (Fsp3) is 0.455. The van der Waals surface area contributed by atoms with Gasteiger partial charge in [-0.05, 0) is 60.6 Å². The molecule has 2 unspecified atom stereocenters. The Balaban J connectivity index is 1.53. The van der Waals surface area contributed by atoms with Gasteiger partial charge in [-0.15, -0.1) is 0 Å². The van der Waals surface area contributed by atoms with Gasteiger partial charge in [-0.1, -0.05) is 30.3 Å². The third-order valence-electron chi connectivity index (χ3n) is 5.91. The third kappa shape index (κ3) is 3.96. The Labute approximate surface area is 162 Å². The van der Waals surface area contributed by atoms with E-state index in [2.05, 4.69) is 30.0 Å². The van der Waals surface area contributed by atoms with E-state index in [0.717, 1.165) is 43.7 Å². The van der Waals surface area contributed by atoms with Crippen LogP contribution in [0.3, 0.4) is 0 Å². The van der Waals surface area contributed by atoms with Crippen molar-refractivity contribution in [2.75, 3.05) is 26.0 Å². The van der Waals surface area contributed by atoms with E-state index in [1.165, 1.54) is 23.8 Å². The quantitative estimate of drug-likeness (QED) is 0.813. The van der Waals surface area contributed by atoms with Crippen LogP contribution in [0.4, 0.5) is 0 Å². The summed E-state index contributed by atoms with van der Waals surface area (Å²) in [6, 6.07) is 15.0. The van der Waals surface area contributed by atoms with Crippen molar-refractivity contribution < 1.29 is 13.2 Å². The molecule has 1 heterocycles. The highest BCUT2D eigenvalue weighted by atomic mass is 32.2. The zero-order valence-corrected chi connectivity index (χ0v) is 16.8. The Morgan fingerprint density at radius 2 is 1.78 bits per heavy atom. The first-order chi connectivity index (χ1) is 12.9. The highest BCUT2D eigenvalue weighted by molar-refractivity contribution is 7.90. The Morgan fingerprint density at radius 3 is 2.48 bits per heavy atom. The maximum absolute atomic E-state index is 11.6. The fourth-order valence-corrected chi connectivity index (χ4v) is 5.01. The van der Waals surface area contributed by atoms with Gasteiger partial charge in [-0.25, -0.2) is 8.42 Å². The standard InChI is InChI=1S/C22H27NO3S/c1-16-15-26-12-11-23(16)21-8-5-19-13-18(3-4-20(19)14-21)17-6-9-22(10-7-17)27(2,24)25/h3-4,6-7,9-10,13,16,21H,5,8,11-12,14-15H2,1-2H3. The van der Waals surface area contributed by atoms with Gasteiger partial charge >= 0.3 is 0 Å². The Kier molecular flexibility index (Phi) is 5.10. The molecule has 2 aromatic rings. The average Bonchev–Trinajstić information content (AvgIpc) is 2.67. The second-order valence-corrected chi connectivity index (χ2v) is 9.85. The Morgan fingerprint density at radius 1 is 1.04 bits per heavy atom. The molecule has 1 aliphatic heterocycles. The number of sulfone groups is 1. The first-order valence-electron chi connectivity index (χ1n) is 9.67. The highest BCUT2D eigenvalue weighted by Gasteiger charge is 2.29. The molecular weight excluding hydrogens is 358 g/mol. The molecule has 0 bridgehead atoms. The van der Waals surface area contributed by atoms with Gasteiger partial charge in [0.25, 0.3) is 0 Å². The summed E-state index contributed by atoms with van der Waals surface area (Å²) in [5, 5.41) is 0. The van der Waals surface area contributed by atoms with Crippen LogP contribution in [0, 0.1) is 0 Å². The summed E-state index contributed by atoms with van der Waals surface area (Å²) in [6.45, 7) is 4.98. The molecule has 144 valence electrons. The SMILES string of the molecule is CC1COCCN1C1CCc2cc(-c3ccc(S(C)(=O)=O)cc3)ccc2C1. The topological polar surface area (TPSA) is 46.6 Å². The number of nitrogens with zero attached hydrogens (tertiary/aromatic N) is 1. The van der Waals surface area contributed by atoms with Crippen LogP contribution in [0.25, 0.3) is 11.1 Å². The van der Waals surface area contributed by atoms with Crippen molar-refractivity contribution in [1.29, 1.82) is 0 Å². The zero-order valence-electron chi connectivity index (χ0n) is 16.0. The second-order valence-electron chi connectivity index (χ2n) is 7.84. The van der Waals surface area contributed by atoms with Crippen molar-refractivity contribution in [2.45, 2.75) is 43.2 Å². The maximum Gasteiger partial charge on any atom is 0.175 e. The number of fused-ring (bicyclic) bond motifs is 1. The van der Waals surface area contributed by atoms with E-state index < -0.39 is 9.84 Å². The molecule has 2 aliphatic rings. The lowest BCUT2D eigenvalue weighted by atomic mass is 9.85. The maximum atomic E-state index is 11.6. The third-order valence-corrected chi connectivity index (χ3v) is 7.04. The van der Waals surface area contributed by atoms with Gasteiger partial charge in [0, 0.05) is 24.9 Å². The van der Waals surface area contributed by atoms with Gasteiger partial charge in [-0.3, -0.25) is 4.90 Å². The van der Waals surface area contributed by atoms with Gasteiger partial charge in [0.2, 0.25) is 0 Å². The summed E-state index contributed by atoms with van der Waals surface area (Å²) in [5.74, 6) is 0. The number of hydrogen-bond acceptors (Lipinski definition) is 4. The smallest absolute Gasteiger partial charge is 0.175 e. The van der Waals surface area contributed by atoms with E-state index in [1.54, 1.807) is 12.1 Å². The average molecular weight is 386 g/mol. The van der Waals surface area contributed by atoms with Crippen LogP contribution in [0.5, 0.6) is 0 Å². The lowest BCUT2D eigenvalue weighted by Gasteiger charge is -2.41. The predicted molar refractivity (Wildman–Crippen MR) is 108 cm³/mol. The first kappa shape index (κ1) is 18.7. The first-order valence-corrected chi connectivity index (χ1v) is 11.6. The van der Waals surface area contributed by atoms with Crippen molar-refractivity contribution in [2.24, 2.45) is 0 Å². The van der Waals surface area contributed by atoms with Crippen LogP contribution in [-0.4, -0.2) is 51.4 Å². The Hall–Kier alpha value is -1.69. The summed E-state index contributed by atoms with van der Waals surface area (Å²) in [5.41, 5.74) is 5.10. The number of morpholine rings is 1. The molecule has 0 saturated carbocycles. The molecule has 2 aromatic carbocycles. The highest BCUT2D eigenvalue weighted by Crippen LogP contribution is 2.31. The molecule has 5 heteroatoms. The van der Waals surface area contributed by atoms with Crippen LogP contribution in [-0.2, 0) is 27.4 Å². The van der Waals surface area contributed by atoms with Crippen molar-refractivity contribution in [3.8, 4) is 11.1 Å². The lowest BCUT2D eigenvalue weighted by molar-refractivity contribution is -0.0245. The number of hydrogen-bond donors (Lipinski definition) is 0. The van der Waals surface area contributed by atoms with Crippen LogP contribution in [0.15, 0.2) is 47.4 Å². The van der Waals surface area contributed by atoms with E-state index in [9.17, 15) is 8.42 Å². The van der Waals surface area contributed by atoms with E-state index in [-0.39, 0.29) is 0 Å². The van der Waals surface area contributed by atoms with Crippen LogP contribution in [0.1, 0.15) is 24.5 Å². The van der Waals surface area contributed by atoms with E-state index in [0.29, 0.717) is 17.0 Å². The van der Waals surface area contributed by atoms with E-state index >= 15 is 0 Å². The number of aryl methyl sites for hydroxylation is 1. The molecule has 4 rings (SSSR count). The molecule has 0 amide bonds. The molecule has 0 N–H and O–H groups in total. The van der Waals surface area contributed by atoms with Crippen molar-refractivity contribution >= 4 is 9.84 Å². The number of rotatable bonds is 3. The predicted octanol–water partition coefficient (Wildman–Crippen LogP) is 3.34. The molecule has 1 fully saturated rings. The molecule has 0 radical (unpaired) electrons. The molecule has 27 heavy (non-hydrogen) atoms. The number of benzene rings is 2. The minimum absolute atomic E-state index is 0.367. The van der Waals surface area contributed by atoms with Crippen LogP contribution >= 0.6 is 0 Å². The van der Waals surface area contributed by atoms with Gasteiger partial charge < -0.3 is 4.74 Å². The van der Waals surface area contributed by atoms with Gasteiger partial charge in [-0.2, -0.15) is 0 Å². The van der Waals surface area contributed by atoms with Gasteiger partial charge in [0.05, 0.1) is 18.1 Å². The summed E-state index contributed by atoms with van der Waals surface area (Å²) in [4.78, 5) is 2.98. The Bertz CT molecular complexity index is 921. The lowest BCUT2D eigenvalue weighted by Crippen LogP contribution is -2.51. The van der Waals surface area contributed by atoms with E-state index in [1.807, 2.05) is 12.1 Å². The molecule has 0 spiro atoms. The summed E-state index contributed by atoms with van der Waals surface area (Å²) in [7, 11) is -3.15. The molecule has 4 nitrogen and oxygen atoms in total. The number of ether oxygens (including phenoxy) is 1. The monoisotopic (exact) mass is 385 g/mol. The van der Waals surface area contributed by atoms with Crippen molar-refractivity contribution in [3.05, 3.63) is 53.6 Å². The molecule has 1 saturated heterocycles.